The Morgan fingerprint density at radius 2 is 1.88 bits per heavy atom. The molecule has 92 valence electrons. The van der Waals surface area contributed by atoms with Crippen LogP contribution in [-0.4, -0.2) is 36.4 Å². The maximum absolute atomic E-state index is 11.4. The van der Waals surface area contributed by atoms with E-state index in [1.165, 1.54) is 13.0 Å². The van der Waals surface area contributed by atoms with E-state index in [-0.39, 0.29) is 18.6 Å². The second kappa shape index (κ2) is 4.71. The van der Waals surface area contributed by atoms with Crippen LogP contribution in [0.2, 0.25) is 0 Å². The highest BCUT2D eigenvalue weighted by Crippen LogP contribution is 2.33. The molecule has 2 aliphatic heterocycles. The van der Waals surface area contributed by atoms with Gasteiger partial charge < -0.3 is 14.2 Å². The van der Waals surface area contributed by atoms with Crippen molar-refractivity contribution in [2.24, 2.45) is 0 Å². The summed E-state index contributed by atoms with van der Waals surface area (Å²) in [6.45, 7) is 4.78. The number of ether oxygens (including phenoxy) is 3. The van der Waals surface area contributed by atoms with E-state index in [1.54, 1.807) is 0 Å². The first-order chi connectivity index (χ1) is 8.11. The molecule has 0 radical (unpaired) electrons. The van der Waals surface area contributed by atoms with Crippen LogP contribution in [0.3, 0.4) is 0 Å². The van der Waals surface area contributed by atoms with Crippen molar-refractivity contribution in [3.05, 3.63) is 24.8 Å². The van der Waals surface area contributed by atoms with Crippen LogP contribution in [-0.2, 0) is 23.8 Å². The molecule has 0 saturated carbocycles. The van der Waals surface area contributed by atoms with Crippen LogP contribution in [0.15, 0.2) is 24.8 Å². The van der Waals surface area contributed by atoms with E-state index >= 15 is 0 Å². The summed E-state index contributed by atoms with van der Waals surface area (Å²) >= 11 is 0. The highest BCUT2D eigenvalue weighted by Gasteiger charge is 2.50. The van der Waals surface area contributed by atoms with Gasteiger partial charge in [0.05, 0.1) is 6.42 Å². The molecule has 17 heavy (non-hydrogen) atoms. The van der Waals surface area contributed by atoms with Gasteiger partial charge in [-0.25, -0.2) is 0 Å². The zero-order valence-corrected chi connectivity index (χ0v) is 9.50. The largest absolute Gasteiger partial charge is 0.455 e. The van der Waals surface area contributed by atoms with E-state index in [4.69, 9.17) is 14.2 Å². The van der Waals surface area contributed by atoms with Crippen molar-refractivity contribution in [2.45, 2.75) is 37.8 Å². The van der Waals surface area contributed by atoms with Crippen molar-refractivity contribution in [3.8, 4) is 0 Å². The van der Waals surface area contributed by atoms with Crippen molar-refractivity contribution in [1.29, 1.82) is 0 Å². The van der Waals surface area contributed by atoms with E-state index in [0.29, 0.717) is 0 Å². The average molecular weight is 238 g/mol. The number of esters is 2. The number of fused-ring (bicyclic) bond motifs is 2. The highest BCUT2D eigenvalue weighted by molar-refractivity contribution is 5.71. The molecule has 2 aliphatic rings. The van der Waals surface area contributed by atoms with E-state index < -0.39 is 24.1 Å². The molecule has 0 aromatic carbocycles. The van der Waals surface area contributed by atoms with E-state index in [9.17, 15) is 9.59 Å². The minimum Gasteiger partial charge on any atom is -0.455 e. The Labute approximate surface area is 99.0 Å². The van der Waals surface area contributed by atoms with Crippen LogP contribution in [0.5, 0.6) is 0 Å². The molecule has 2 unspecified atom stereocenters. The van der Waals surface area contributed by atoms with Gasteiger partial charge in [-0.3, -0.25) is 9.59 Å². The normalized spacial score (nSPS) is 33.5. The summed E-state index contributed by atoms with van der Waals surface area (Å²) in [7, 11) is 0. The van der Waals surface area contributed by atoms with Crippen molar-refractivity contribution in [2.75, 3.05) is 0 Å². The molecular weight excluding hydrogens is 224 g/mol. The Morgan fingerprint density at radius 3 is 2.41 bits per heavy atom. The van der Waals surface area contributed by atoms with Crippen molar-refractivity contribution in [1.82, 2.24) is 0 Å². The second-order valence-corrected chi connectivity index (χ2v) is 3.97. The lowest BCUT2D eigenvalue weighted by atomic mass is 10.0. The van der Waals surface area contributed by atoms with Gasteiger partial charge >= 0.3 is 11.9 Å². The van der Waals surface area contributed by atoms with Gasteiger partial charge in [-0.2, -0.15) is 0 Å². The first-order valence-corrected chi connectivity index (χ1v) is 5.43. The fourth-order valence-electron chi connectivity index (χ4n) is 2.02. The third-order valence-electron chi connectivity index (χ3n) is 2.66. The standard InChI is InChI=1S/C12H14O5/c1-3-4-10(14)17-12-9-6-5-8(16-9)11(12)15-7(2)13/h3,5-6,8-9,11-12H,1,4H2,2H3/t8?,9?,11-,12+/m0/s1. The predicted molar refractivity (Wildman–Crippen MR) is 58.0 cm³/mol. The van der Waals surface area contributed by atoms with Crippen LogP contribution < -0.4 is 0 Å². The van der Waals surface area contributed by atoms with Crippen LogP contribution in [0.1, 0.15) is 13.3 Å². The molecule has 0 aromatic rings. The fraction of sp³-hybridized carbons (Fsp3) is 0.500. The summed E-state index contributed by atoms with van der Waals surface area (Å²) in [5, 5.41) is 0. The zero-order valence-electron chi connectivity index (χ0n) is 9.50. The Balaban J connectivity index is 2.03. The number of carbonyl (C=O) groups is 2. The Bertz CT molecular complexity index is 373. The first-order valence-electron chi connectivity index (χ1n) is 5.43. The van der Waals surface area contributed by atoms with E-state index in [1.807, 2.05) is 12.2 Å². The lowest BCUT2D eigenvalue weighted by Gasteiger charge is -2.24. The van der Waals surface area contributed by atoms with E-state index in [2.05, 4.69) is 6.58 Å². The van der Waals surface area contributed by atoms with Gasteiger partial charge in [0.1, 0.15) is 12.2 Å². The second-order valence-electron chi connectivity index (χ2n) is 3.97. The maximum Gasteiger partial charge on any atom is 0.310 e. The van der Waals surface area contributed by atoms with Gasteiger partial charge in [0.25, 0.3) is 0 Å². The fourth-order valence-corrected chi connectivity index (χ4v) is 2.02. The molecule has 2 rings (SSSR count). The lowest BCUT2D eigenvalue weighted by Crippen LogP contribution is -2.41. The molecular formula is C12H14O5. The van der Waals surface area contributed by atoms with Crippen LogP contribution in [0.4, 0.5) is 0 Å². The molecule has 0 N–H and O–H groups in total. The molecule has 0 amide bonds. The quantitative estimate of drug-likeness (QED) is 0.534. The summed E-state index contributed by atoms with van der Waals surface area (Å²) in [4.78, 5) is 22.4. The van der Waals surface area contributed by atoms with Crippen molar-refractivity contribution < 1.29 is 23.8 Å². The minimum atomic E-state index is -0.554. The van der Waals surface area contributed by atoms with Gasteiger partial charge in [0.15, 0.2) is 12.2 Å². The highest BCUT2D eigenvalue weighted by atomic mass is 16.6. The van der Waals surface area contributed by atoms with Gasteiger partial charge in [-0.1, -0.05) is 18.2 Å². The molecule has 2 bridgehead atoms. The van der Waals surface area contributed by atoms with Crippen LogP contribution in [0, 0.1) is 0 Å². The molecule has 0 aliphatic carbocycles. The van der Waals surface area contributed by atoms with Gasteiger partial charge in [0, 0.05) is 6.92 Å². The van der Waals surface area contributed by atoms with Crippen molar-refractivity contribution in [3.63, 3.8) is 0 Å². The molecule has 1 fully saturated rings. The molecule has 5 heteroatoms. The van der Waals surface area contributed by atoms with Gasteiger partial charge in [0.2, 0.25) is 0 Å². The molecule has 0 aromatic heterocycles. The summed E-state index contributed by atoms with van der Waals surface area (Å²) in [6.07, 6.45) is 3.49. The molecule has 2 heterocycles. The third kappa shape index (κ3) is 2.39. The monoisotopic (exact) mass is 238 g/mol. The van der Waals surface area contributed by atoms with Crippen LogP contribution in [0.25, 0.3) is 0 Å². The zero-order chi connectivity index (χ0) is 12.4. The molecule has 5 nitrogen and oxygen atoms in total. The number of hydrogen-bond acceptors (Lipinski definition) is 5. The van der Waals surface area contributed by atoms with Crippen molar-refractivity contribution >= 4 is 11.9 Å². The molecule has 1 saturated heterocycles. The topological polar surface area (TPSA) is 61.8 Å². The number of hydrogen-bond donors (Lipinski definition) is 0. The number of carbonyl (C=O) groups excluding carboxylic acids is 2. The van der Waals surface area contributed by atoms with Gasteiger partial charge in [-0.05, 0) is 0 Å². The average Bonchev–Trinajstić information content (AvgIpc) is 2.81. The minimum absolute atomic E-state index is 0.129. The smallest absolute Gasteiger partial charge is 0.310 e. The molecule has 4 atom stereocenters. The van der Waals surface area contributed by atoms with Gasteiger partial charge in [-0.15, -0.1) is 6.58 Å². The predicted octanol–water partition coefficient (Wildman–Crippen LogP) is 0.743. The number of rotatable bonds is 4. The first kappa shape index (κ1) is 11.9. The summed E-state index contributed by atoms with van der Waals surface area (Å²) < 4.78 is 15.8. The lowest BCUT2D eigenvalue weighted by molar-refractivity contribution is -0.164. The SMILES string of the molecule is C=CCC(=O)O[C@@H]1C2C=CC(O2)[C@@H]1OC(C)=O. The maximum atomic E-state index is 11.4. The summed E-state index contributed by atoms with van der Waals surface area (Å²) in [6, 6.07) is 0. The van der Waals surface area contributed by atoms with Crippen LogP contribution >= 0.6 is 0 Å². The molecule has 0 spiro atoms. The van der Waals surface area contributed by atoms with E-state index in [0.717, 1.165) is 0 Å². The Hall–Kier alpha value is -1.62. The summed E-state index contributed by atoms with van der Waals surface area (Å²) in [5.74, 6) is -0.809. The third-order valence-corrected chi connectivity index (χ3v) is 2.66. The Kier molecular flexibility index (Phi) is 3.28. The summed E-state index contributed by atoms with van der Waals surface area (Å²) in [5.41, 5.74) is 0. The Morgan fingerprint density at radius 1 is 1.29 bits per heavy atom.